The molecule has 0 atom stereocenters. The molecule has 2 rings (SSSR count). The Morgan fingerprint density at radius 3 is 1.92 bits per heavy atom. The molecule has 134 valence electrons. The van der Waals surface area contributed by atoms with E-state index in [2.05, 4.69) is 0 Å². The van der Waals surface area contributed by atoms with Crippen LogP contribution in [0.1, 0.15) is 92.1 Å². The van der Waals surface area contributed by atoms with Crippen LogP contribution in [0.2, 0.25) is 0 Å². The zero-order valence-corrected chi connectivity index (χ0v) is 15.3. The Morgan fingerprint density at radius 2 is 1.38 bits per heavy atom. The van der Waals surface area contributed by atoms with Gasteiger partial charge in [0.25, 0.3) is 0 Å². The Labute approximate surface area is 146 Å². The maximum Gasteiger partial charge on any atom is 0.373 e. The van der Waals surface area contributed by atoms with Crippen molar-refractivity contribution in [2.75, 3.05) is 0 Å². The average Bonchev–Trinajstić information content (AvgIpc) is 2.56. The third-order valence-electron chi connectivity index (χ3n) is 5.05. The molecule has 3 heteroatoms. The van der Waals surface area contributed by atoms with Crippen molar-refractivity contribution in [2.24, 2.45) is 0 Å². The molecular weight excluding hydrogens is 300 g/mol. The molecule has 1 aromatic rings. The first-order valence-electron chi connectivity index (χ1n) is 9.62. The fraction of sp³-hybridized carbons (Fsp3) is 0.667. The van der Waals surface area contributed by atoms with E-state index in [9.17, 15) is 4.79 Å². The summed E-state index contributed by atoms with van der Waals surface area (Å²) in [7, 11) is 0. The van der Waals surface area contributed by atoms with Crippen LogP contribution in [0.5, 0.6) is 0 Å². The van der Waals surface area contributed by atoms with Crippen LogP contribution >= 0.6 is 0 Å². The highest BCUT2D eigenvalue weighted by atomic mass is 17.2. The van der Waals surface area contributed by atoms with Gasteiger partial charge in [0.05, 0.1) is 5.56 Å². The largest absolute Gasteiger partial charge is 0.373 e. The molecule has 24 heavy (non-hydrogen) atoms. The average molecular weight is 332 g/mol. The minimum Gasteiger partial charge on any atom is -0.293 e. The van der Waals surface area contributed by atoms with Crippen LogP contribution in [0.15, 0.2) is 18.2 Å². The van der Waals surface area contributed by atoms with E-state index in [0.717, 1.165) is 31.2 Å². The number of hydrogen-bond acceptors (Lipinski definition) is 3. The van der Waals surface area contributed by atoms with Crippen molar-refractivity contribution in [3.63, 3.8) is 0 Å². The predicted octanol–water partition coefficient (Wildman–Crippen LogP) is 6.07. The van der Waals surface area contributed by atoms with Crippen molar-refractivity contribution < 1.29 is 14.6 Å². The smallest absolute Gasteiger partial charge is 0.293 e. The second kappa shape index (κ2) is 10.5. The van der Waals surface area contributed by atoms with Crippen LogP contribution in [0.25, 0.3) is 0 Å². The van der Waals surface area contributed by atoms with Crippen LogP contribution in [0, 0.1) is 13.8 Å². The van der Waals surface area contributed by atoms with Crippen LogP contribution in [0.3, 0.4) is 0 Å². The van der Waals surface area contributed by atoms with E-state index in [1.54, 1.807) is 6.07 Å². The zero-order chi connectivity index (χ0) is 17.2. The van der Waals surface area contributed by atoms with Gasteiger partial charge >= 0.3 is 5.97 Å². The molecule has 0 heterocycles. The monoisotopic (exact) mass is 332 g/mol. The highest BCUT2D eigenvalue weighted by molar-refractivity contribution is 5.89. The molecule has 0 unspecified atom stereocenters. The van der Waals surface area contributed by atoms with Gasteiger partial charge in [0.1, 0.15) is 6.10 Å². The molecule has 0 radical (unpaired) electrons. The molecule has 1 saturated carbocycles. The summed E-state index contributed by atoms with van der Waals surface area (Å²) in [6.45, 7) is 4.03. The van der Waals surface area contributed by atoms with Gasteiger partial charge in [0.2, 0.25) is 0 Å². The summed E-state index contributed by atoms with van der Waals surface area (Å²) in [5, 5.41) is 0. The van der Waals surface area contributed by atoms with Crippen molar-refractivity contribution >= 4 is 5.97 Å². The summed E-state index contributed by atoms with van der Waals surface area (Å²) in [4.78, 5) is 22.9. The molecule has 0 N–H and O–H groups in total. The summed E-state index contributed by atoms with van der Waals surface area (Å²) in [5.41, 5.74) is 2.83. The van der Waals surface area contributed by atoms with Crippen LogP contribution in [-0.4, -0.2) is 12.1 Å². The van der Waals surface area contributed by atoms with Gasteiger partial charge in [-0.25, -0.2) is 4.79 Å². The van der Waals surface area contributed by atoms with E-state index < -0.39 is 0 Å². The van der Waals surface area contributed by atoms with Crippen LogP contribution in [0.4, 0.5) is 0 Å². The molecule has 1 fully saturated rings. The quantitative estimate of drug-likeness (QED) is 0.498. The Morgan fingerprint density at radius 1 is 0.833 bits per heavy atom. The van der Waals surface area contributed by atoms with E-state index in [4.69, 9.17) is 9.78 Å². The van der Waals surface area contributed by atoms with Crippen molar-refractivity contribution in [2.45, 2.75) is 90.6 Å². The third-order valence-corrected chi connectivity index (χ3v) is 5.05. The molecule has 0 amide bonds. The molecule has 1 aromatic carbocycles. The van der Waals surface area contributed by atoms with E-state index in [-0.39, 0.29) is 12.1 Å². The number of carbonyl (C=O) groups excluding carboxylic acids is 1. The summed E-state index contributed by atoms with van der Waals surface area (Å²) in [5.74, 6) is -0.385. The van der Waals surface area contributed by atoms with Gasteiger partial charge in [-0.05, 0) is 49.9 Å². The molecule has 1 aliphatic rings. The van der Waals surface area contributed by atoms with E-state index in [0.29, 0.717) is 5.56 Å². The van der Waals surface area contributed by atoms with Gasteiger partial charge in [-0.1, -0.05) is 63.9 Å². The highest BCUT2D eigenvalue weighted by Crippen LogP contribution is 2.19. The van der Waals surface area contributed by atoms with Gasteiger partial charge in [-0.2, -0.15) is 4.89 Å². The first-order valence-corrected chi connectivity index (χ1v) is 9.62. The molecule has 0 saturated heterocycles. The van der Waals surface area contributed by atoms with Gasteiger partial charge in [0.15, 0.2) is 0 Å². The van der Waals surface area contributed by atoms with Gasteiger partial charge in [0, 0.05) is 0 Å². The van der Waals surface area contributed by atoms with Crippen LogP contribution in [-0.2, 0) is 9.78 Å². The normalized spacial score (nSPS) is 18.4. The Hall–Kier alpha value is -1.35. The topological polar surface area (TPSA) is 35.5 Å². The van der Waals surface area contributed by atoms with Gasteiger partial charge < -0.3 is 0 Å². The molecule has 0 bridgehead atoms. The van der Waals surface area contributed by atoms with Crippen molar-refractivity contribution in [1.82, 2.24) is 0 Å². The molecule has 3 nitrogen and oxygen atoms in total. The van der Waals surface area contributed by atoms with Gasteiger partial charge in [-0.3, -0.25) is 4.89 Å². The van der Waals surface area contributed by atoms with Crippen molar-refractivity contribution in [3.05, 3.63) is 34.9 Å². The second-order valence-electron chi connectivity index (χ2n) is 7.15. The number of hydrogen-bond donors (Lipinski definition) is 0. The van der Waals surface area contributed by atoms with Gasteiger partial charge in [-0.15, -0.1) is 0 Å². The summed E-state index contributed by atoms with van der Waals surface area (Å²) >= 11 is 0. The first kappa shape index (κ1) is 19.0. The predicted molar refractivity (Wildman–Crippen MR) is 97.0 cm³/mol. The minimum atomic E-state index is -0.385. The summed E-state index contributed by atoms with van der Waals surface area (Å²) in [6, 6.07) is 5.61. The number of rotatable bonds is 3. The zero-order valence-electron chi connectivity index (χ0n) is 15.3. The van der Waals surface area contributed by atoms with Crippen LogP contribution < -0.4 is 0 Å². The lowest BCUT2D eigenvalue weighted by atomic mass is 9.99. The number of carbonyl (C=O) groups is 1. The SMILES string of the molecule is Cc1ccc(C(=O)OOC2CCCCCCCCCCC2)cc1C. The minimum absolute atomic E-state index is 0.0416. The Bertz CT molecular complexity index is 498. The summed E-state index contributed by atoms with van der Waals surface area (Å²) < 4.78 is 0. The highest BCUT2D eigenvalue weighted by Gasteiger charge is 2.15. The van der Waals surface area contributed by atoms with Crippen molar-refractivity contribution in [1.29, 1.82) is 0 Å². The lowest BCUT2D eigenvalue weighted by Gasteiger charge is -2.17. The van der Waals surface area contributed by atoms with E-state index in [1.165, 1.54) is 50.5 Å². The third kappa shape index (κ3) is 6.64. The van der Waals surface area contributed by atoms with Crippen molar-refractivity contribution in [3.8, 4) is 0 Å². The Kier molecular flexibility index (Phi) is 8.31. The first-order chi connectivity index (χ1) is 11.7. The Balaban J connectivity index is 1.82. The molecule has 0 aliphatic heterocycles. The standard InChI is InChI=1S/C21H32O3/c1-17-14-15-19(16-18(17)2)21(22)24-23-20-12-10-8-6-4-3-5-7-9-11-13-20/h14-16,20H,3-13H2,1-2H3. The molecule has 0 spiro atoms. The number of benzene rings is 1. The molecular formula is C21H32O3. The second-order valence-corrected chi connectivity index (χ2v) is 7.15. The fourth-order valence-corrected chi connectivity index (χ4v) is 3.25. The lowest BCUT2D eigenvalue weighted by molar-refractivity contribution is -0.277. The molecule has 0 aromatic heterocycles. The lowest BCUT2D eigenvalue weighted by Crippen LogP contribution is -2.17. The summed E-state index contributed by atoms with van der Waals surface area (Å²) in [6.07, 6.45) is 13.6. The maximum atomic E-state index is 12.2. The molecule has 1 aliphatic carbocycles. The maximum absolute atomic E-state index is 12.2. The van der Waals surface area contributed by atoms with E-state index >= 15 is 0 Å². The van der Waals surface area contributed by atoms with E-state index in [1.807, 2.05) is 26.0 Å². The fourth-order valence-electron chi connectivity index (χ4n) is 3.25. The number of aryl methyl sites for hydroxylation is 2.